The van der Waals surface area contributed by atoms with Gasteiger partial charge in [0.1, 0.15) is 0 Å². The Bertz CT molecular complexity index is 1100. The highest BCUT2D eigenvalue weighted by atomic mass is 32.2. The molecule has 1 heterocycles. The summed E-state index contributed by atoms with van der Waals surface area (Å²) in [6.45, 7) is 2.30. The summed E-state index contributed by atoms with van der Waals surface area (Å²) in [6, 6.07) is 27.0. The van der Waals surface area contributed by atoms with Gasteiger partial charge in [-0.3, -0.25) is 4.79 Å². The minimum Gasteiger partial charge on any atom is -0.334 e. The highest BCUT2D eigenvalue weighted by molar-refractivity contribution is 7.89. The fourth-order valence-electron chi connectivity index (χ4n) is 4.15. The van der Waals surface area contributed by atoms with Crippen LogP contribution in [-0.4, -0.2) is 36.6 Å². The lowest BCUT2D eigenvalue weighted by Gasteiger charge is -2.23. The molecule has 1 aliphatic heterocycles. The van der Waals surface area contributed by atoms with Crippen LogP contribution in [0, 0.1) is 0 Å². The molecule has 33 heavy (non-hydrogen) atoms. The smallest absolute Gasteiger partial charge is 0.243 e. The Morgan fingerprint density at radius 1 is 0.727 bits per heavy atom. The van der Waals surface area contributed by atoms with E-state index in [1.54, 1.807) is 16.4 Å². The molecule has 0 N–H and O–H groups in total. The molecule has 0 aromatic heterocycles. The molecule has 172 valence electrons. The average Bonchev–Trinajstić information content (AvgIpc) is 3.40. The molecule has 1 fully saturated rings. The van der Waals surface area contributed by atoms with Crippen LogP contribution in [0.2, 0.25) is 0 Å². The predicted octanol–water partition coefficient (Wildman–Crippen LogP) is 4.63. The molecule has 0 atom stereocenters. The molecule has 6 heteroatoms. The molecule has 0 saturated carbocycles. The van der Waals surface area contributed by atoms with Gasteiger partial charge in [0.2, 0.25) is 15.9 Å². The molecule has 4 rings (SSSR count). The van der Waals surface area contributed by atoms with Gasteiger partial charge in [-0.2, -0.15) is 4.31 Å². The topological polar surface area (TPSA) is 57.7 Å². The summed E-state index contributed by atoms with van der Waals surface area (Å²) in [5.41, 5.74) is 3.15. The maximum atomic E-state index is 13.1. The van der Waals surface area contributed by atoms with Crippen molar-refractivity contribution in [2.45, 2.75) is 43.7 Å². The van der Waals surface area contributed by atoms with Crippen LogP contribution in [-0.2, 0) is 34.3 Å². The second-order valence-electron chi connectivity index (χ2n) is 8.48. The number of carbonyl (C=O) groups is 1. The SMILES string of the molecule is O=C(CCc1ccc(S(=O)(=O)N2CCCC2)cc1)N(Cc1ccccc1)Cc1ccccc1. The second kappa shape index (κ2) is 10.8. The summed E-state index contributed by atoms with van der Waals surface area (Å²) in [5, 5.41) is 0. The Morgan fingerprint density at radius 3 is 1.76 bits per heavy atom. The molecule has 0 radical (unpaired) electrons. The third-order valence-electron chi connectivity index (χ3n) is 6.04. The van der Waals surface area contributed by atoms with E-state index in [1.807, 2.05) is 77.7 Å². The molecule has 5 nitrogen and oxygen atoms in total. The lowest BCUT2D eigenvalue weighted by atomic mass is 10.1. The number of rotatable bonds is 9. The van der Waals surface area contributed by atoms with Crippen molar-refractivity contribution >= 4 is 15.9 Å². The van der Waals surface area contributed by atoms with Gasteiger partial charge in [-0.25, -0.2) is 8.42 Å². The van der Waals surface area contributed by atoms with E-state index in [1.165, 1.54) is 0 Å². The Labute approximate surface area is 196 Å². The zero-order chi connectivity index (χ0) is 23.1. The zero-order valence-corrected chi connectivity index (χ0v) is 19.6. The lowest BCUT2D eigenvalue weighted by Crippen LogP contribution is -2.30. The van der Waals surface area contributed by atoms with Crippen molar-refractivity contribution in [3.63, 3.8) is 0 Å². The van der Waals surface area contributed by atoms with Gasteiger partial charge in [-0.1, -0.05) is 72.8 Å². The lowest BCUT2D eigenvalue weighted by molar-refractivity contribution is -0.132. The first-order valence-corrected chi connectivity index (χ1v) is 12.9. The minimum atomic E-state index is -3.41. The van der Waals surface area contributed by atoms with Crippen molar-refractivity contribution in [3.8, 4) is 0 Å². The first kappa shape index (κ1) is 23.2. The van der Waals surface area contributed by atoms with Crippen LogP contribution in [0.15, 0.2) is 89.8 Å². The summed E-state index contributed by atoms with van der Waals surface area (Å²) in [6.07, 6.45) is 2.78. The molecule has 0 unspecified atom stereocenters. The number of hydrogen-bond acceptors (Lipinski definition) is 3. The van der Waals surface area contributed by atoms with Crippen LogP contribution in [0.25, 0.3) is 0 Å². The molecule has 0 aliphatic carbocycles. The summed E-state index contributed by atoms with van der Waals surface area (Å²) in [7, 11) is -3.41. The van der Waals surface area contributed by atoms with Gasteiger partial charge in [-0.05, 0) is 48.1 Å². The third-order valence-corrected chi connectivity index (χ3v) is 7.95. The molecule has 1 amide bonds. The van der Waals surface area contributed by atoms with E-state index in [-0.39, 0.29) is 5.91 Å². The van der Waals surface area contributed by atoms with Crippen molar-refractivity contribution in [2.75, 3.05) is 13.1 Å². The van der Waals surface area contributed by atoms with Gasteiger partial charge in [-0.15, -0.1) is 0 Å². The molecule has 0 bridgehead atoms. The van der Waals surface area contributed by atoms with Crippen molar-refractivity contribution in [3.05, 3.63) is 102 Å². The Kier molecular flexibility index (Phi) is 7.57. The van der Waals surface area contributed by atoms with Gasteiger partial charge in [0.25, 0.3) is 0 Å². The van der Waals surface area contributed by atoms with Crippen LogP contribution >= 0.6 is 0 Å². The standard InChI is InChI=1S/C27H30N2O3S/c30-27(28(21-24-9-3-1-4-10-24)22-25-11-5-2-6-12-25)18-15-23-13-16-26(17-14-23)33(31,32)29-19-7-8-20-29/h1-6,9-14,16-17H,7-8,15,18-22H2. The van der Waals surface area contributed by atoms with Crippen LogP contribution in [0.5, 0.6) is 0 Å². The maximum Gasteiger partial charge on any atom is 0.243 e. The van der Waals surface area contributed by atoms with Gasteiger partial charge in [0, 0.05) is 32.6 Å². The first-order chi connectivity index (χ1) is 16.0. The minimum absolute atomic E-state index is 0.0801. The van der Waals surface area contributed by atoms with Crippen LogP contribution in [0.3, 0.4) is 0 Å². The van der Waals surface area contributed by atoms with E-state index < -0.39 is 10.0 Å². The fraction of sp³-hybridized carbons (Fsp3) is 0.296. The molecule has 1 saturated heterocycles. The van der Waals surface area contributed by atoms with E-state index in [2.05, 4.69) is 0 Å². The van der Waals surface area contributed by atoms with Gasteiger partial charge >= 0.3 is 0 Å². The van der Waals surface area contributed by atoms with Gasteiger partial charge < -0.3 is 4.90 Å². The van der Waals surface area contributed by atoms with Crippen molar-refractivity contribution in [1.82, 2.24) is 9.21 Å². The maximum absolute atomic E-state index is 13.1. The number of hydrogen-bond donors (Lipinski definition) is 0. The largest absolute Gasteiger partial charge is 0.334 e. The highest BCUT2D eigenvalue weighted by Gasteiger charge is 2.27. The number of amides is 1. The van der Waals surface area contributed by atoms with Gasteiger partial charge in [0.15, 0.2) is 0 Å². The zero-order valence-electron chi connectivity index (χ0n) is 18.8. The number of sulfonamides is 1. The fourth-order valence-corrected chi connectivity index (χ4v) is 5.67. The van der Waals surface area contributed by atoms with Crippen molar-refractivity contribution in [1.29, 1.82) is 0 Å². The van der Waals surface area contributed by atoms with Crippen molar-refractivity contribution in [2.24, 2.45) is 0 Å². The molecule has 0 spiro atoms. The third kappa shape index (κ3) is 6.09. The highest BCUT2D eigenvalue weighted by Crippen LogP contribution is 2.21. The van der Waals surface area contributed by atoms with E-state index in [0.717, 1.165) is 29.5 Å². The van der Waals surface area contributed by atoms with Crippen LogP contribution in [0.4, 0.5) is 0 Å². The molecule has 1 aliphatic rings. The summed E-state index contributed by atoms with van der Waals surface area (Å²) in [4.78, 5) is 15.4. The Hall–Kier alpha value is -2.96. The average molecular weight is 463 g/mol. The number of nitrogens with zero attached hydrogens (tertiary/aromatic N) is 2. The van der Waals surface area contributed by atoms with E-state index >= 15 is 0 Å². The number of benzene rings is 3. The Balaban J connectivity index is 1.41. The molecular formula is C27H30N2O3S. The summed E-state index contributed by atoms with van der Waals surface area (Å²) >= 11 is 0. The summed E-state index contributed by atoms with van der Waals surface area (Å²) < 4.78 is 27.0. The Morgan fingerprint density at radius 2 is 1.24 bits per heavy atom. The van der Waals surface area contributed by atoms with E-state index in [0.29, 0.717) is 43.9 Å². The molecular weight excluding hydrogens is 432 g/mol. The van der Waals surface area contributed by atoms with Crippen molar-refractivity contribution < 1.29 is 13.2 Å². The number of carbonyl (C=O) groups excluding carboxylic acids is 1. The van der Waals surface area contributed by atoms with Crippen LogP contribution in [0.1, 0.15) is 36.0 Å². The normalized spacial score (nSPS) is 14.3. The van der Waals surface area contributed by atoms with E-state index in [4.69, 9.17) is 0 Å². The predicted molar refractivity (Wildman–Crippen MR) is 130 cm³/mol. The summed E-state index contributed by atoms with van der Waals surface area (Å²) in [5.74, 6) is 0.0801. The first-order valence-electron chi connectivity index (χ1n) is 11.5. The monoisotopic (exact) mass is 462 g/mol. The van der Waals surface area contributed by atoms with E-state index in [9.17, 15) is 13.2 Å². The van der Waals surface area contributed by atoms with Gasteiger partial charge in [0.05, 0.1) is 4.90 Å². The number of aryl methyl sites for hydroxylation is 1. The van der Waals surface area contributed by atoms with Crippen LogP contribution < -0.4 is 0 Å². The second-order valence-corrected chi connectivity index (χ2v) is 10.4. The quantitative estimate of drug-likeness (QED) is 0.466. The molecule has 3 aromatic carbocycles. The molecule has 3 aromatic rings.